The van der Waals surface area contributed by atoms with E-state index < -0.39 is 5.91 Å². The average Bonchev–Trinajstić information content (AvgIpc) is 2.78. The number of amides is 1. The summed E-state index contributed by atoms with van der Waals surface area (Å²) < 4.78 is 5.10. The van der Waals surface area contributed by atoms with E-state index in [1.165, 1.54) is 4.88 Å². The van der Waals surface area contributed by atoms with Crippen molar-refractivity contribution in [2.45, 2.75) is 6.92 Å². The van der Waals surface area contributed by atoms with Gasteiger partial charge < -0.3 is 21.1 Å². The molecular weight excluding hydrogens is 278 g/mol. The first-order valence-electron chi connectivity index (χ1n) is 6.16. The van der Waals surface area contributed by atoms with Gasteiger partial charge in [-0.25, -0.2) is 4.98 Å². The van der Waals surface area contributed by atoms with Crippen LogP contribution in [0.5, 0.6) is 0 Å². The quantitative estimate of drug-likeness (QED) is 0.657. The molecule has 2 aromatic rings. The van der Waals surface area contributed by atoms with Crippen LogP contribution in [0.15, 0.2) is 6.07 Å². The van der Waals surface area contributed by atoms with Gasteiger partial charge in [-0.15, -0.1) is 11.3 Å². The first kappa shape index (κ1) is 14.5. The van der Waals surface area contributed by atoms with Crippen LogP contribution in [-0.4, -0.2) is 42.7 Å². The Labute approximate surface area is 120 Å². The van der Waals surface area contributed by atoms with Gasteiger partial charge in [-0.2, -0.15) is 4.98 Å². The Bertz CT molecular complexity index is 613. The van der Waals surface area contributed by atoms with E-state index in [1.54, 1.807) is 18.4 Å². The van der Waals surface area contributed by atoms with E-state index >= 15 is 0 Å². The van der Waals surface area contributed by atoms with Crippen molar-refractivity contribution in [1.29, 1.82) is 0 Å². The molecule has 1 amide bonds. The van der Waals surface area contributed by atoms with Crippen LogP contribution in [-0.2, 0) is 9.53 Å². The number of nitrogens with zero attached hydrogens (tertiary/aromatic N) is 2. The first-order chi connectivity index (χ1) is 9.60. The third-order valence-corrected chi connectivity index (χ3v) is 3.47. The van der Waals surface area contributed by atoms with E-state index in [2.05, 4.69) is 20.6 Å². The van der Waals surface area contributed by atoms with Gasteiger partial charge in [-0.3, -0.25) is 4.79 Å². The number of nitrogens with one attached hydrogen (secondary N) is 2. The number of carbonyl (C=O) groups is 1. The number of aryl methyl sites for hydroxylation is 1. The summed E-state index contributed by atoms with van der Waals surface area (Å²) in [5.74, 6) is 0.853. The lowest BCUT2D eigenvalue weighted by atomic mass is 10.3. The van der Waals surface area contributed by atoms with Crippen molar-refractivity contribution >= 4 is 39.2 Å². The van der Waals surface area contributed by atoms with Crippen LogP contribution in [0.2, 0.25) is 0 Å². The Morgan fingerprint density at radius 1 is 1.50 bits per heavy atom. The molecule has 2 aromatic heterocycles. The number of carbonyl (C=O) groups excluding carboxylic acids is 1. The largest absolute Gasteiger partial charge is 0.370 e. The molecule has 0 aromatic carbocycles. The monoisotopic (exact) mass is 295 g/mol. The Kier molecular flexibility index (Phi) is 4.70. The van der Waals surface area contributed by atoms with Crippen LogP contribution >= 0.6 is 11.3 Å². The molecular formula is C12H17N5O2S. The zero-order chi connectivity index (χ0) is 14.5. The number of thiophene rings is 1. The lowest BCUT2D eigenvalue weighted by molar-refractivity contribution is -0.122. The SMILES string of the molecule is CNc1nc(NCCOCC(N)=O)c2cc(C)sc2n1. The van der Waals surface area contributed by atoms with Gasteiger partial charge >= 0.3 is 0 Å². The summed E-state index contributed by atoms with van der Waals surface area (Å²) >= 11 is 1.62. The minimum Gasteiger partial charge on any atom is -0.370 e. The predicted octanol–water partition coefficient (Wildman–Crippen LogP) is 0.955. The third kappa shape index (κ3) is 3.55. The zero-order valence-corrected chi connectivity index (χ0v) is 12.2. The molecule has 0 unspecified atom stereocenters. The molecule has 0 aliphatic carbocycles. The Balaban J connectivity index is 2.06. The maximum absolute atomic E-state index is 10.5. The standard InChI is InChI=1S/C12H17N5O2S/c1-7-5-8-10(15-3-4-19-6-9(13)18)16-12(14-2)17-11(8)20-7/h5H,3-4,6H2,1-2H3,(H2,13,18)(H2,14,15,16,17). The lowest BCUT2D eigenvalue weighted by Gasteiger charge is -2.08. The summed E-state index contributed by atoms with van der Waals surface area (Å²) in [4.78, 5) is 21.5. The molecule has 2 rings (SSSR count). The predicted molar refractivity (Wildman–Crippen MR) is 80.2 cm³/mol. The first-order valence-corrected chi connectivity index (χ1v) is 6.97. The Hall–Kier alpha value is -1.93. The highest BCUT2D eigenvalue weighted by atomic mass is 32.1. The third-order valence-electron chi connectivity index (χ3n) is 2.52. The van der Waals surface area contributed by atoms with Gasteiger partial charge in [-0.1, -0.05) is 0 Å². The number of rotatable bonds is 7. The summed E-state index contributed by atoms with van der Waals surface area (Å²) in [5.41, 5.74) is 4.99. The summed E-state index contributed by atoms with van der Waals surface area (Å²) in [6.45, 7) is 2.88. The van der Waals surface area contributed by atoms with Gasteiger partial charge in [-0.05, 0) is 13.0 Å². The summed E-state index contributed by atoms with van der Waals surface area (Å²) in [6.07, 6.45) is 0. The minimum atomic E-state index is -0.472. The molecule has 7 nitrogen and oxygen atoms in total. The number of ether oxygens (including phenoxy) is 1. The molecule has 108 valence electrons. The molecule has 0 spiro atoms. The van der Waals surface area contributed by atoms with E-state index in [0.29, 0.717) is 19.1 Å². The van der Waals surface area contributed by atoms with Crippen molar-refractivity contribution in [2.75, 3.05) is 37.4 Å². The highest BCUT2D eigenvalue weighted by Crippen LogP contribution is 2.29. The van der Waals surface area contributed by atoms with Gasteiger partial charge in [0.25, 0.3) is 0 Å². The molecule has 0 aliphatic rings. The number of hydrogen-bond acceptors (Lipinski definition) is 7. The zero-order valence-electron chi connectivity index (χ0n) is 11.4. The highest BCUT2D eigenvalue weighted by molar-refractivity contribution is 7.18. The maximum Gasteiger partial charge on any atom is 0.243 e. The second-order valence-corrected chi connectivity index (χ2v) is 5.40. The van der Waals surface area contributed by atoms with E-state index in [0.717, 1.165) is 16.0 Å². The highest BCUT2D eigenvalue weighted by Gasteiger charge is 2.09. The molecule has 0 saturated carbocycles. The summed E-state index contributed by atoms with van der Waals surface area (Å²) in [6, 6.07) is 2.05. The smallest absolute Gasteiger partial charge is 0.243 e. The molecule has 4 N–H and O–H groups in total. The fourth-order valence-corrected chi connectivity index (χ4v) is 2.58. The van der Waals surface area contributed by atoms with Gasteiger partial charge in [0.05, 0.1) is 12.0 Å². The number of hydrogen-bond donors (Lipinski definition) is 3. The lowest BCUT2D eigenvalue weighted by Crippen LogP contribution is -2.20. The fourth-order valence-electron chi connectivity index (χ4n) is 1.70. The number of anilines is 2. The van der Waals surface area contributed by atoms with Crippen molar-refractivity contribution < 1.29 is 9.53 Å². The summed E-state index contributed by atoms with van der Waals surface area (Å²) in [5, 5.41) is 7.11. The molecule has 0 atom stereocenters. The van der Waals surface area contributed by atoms with Crippen molar-refractivity contribution in [3.05, 3.63) is 10.9 Å². The van der Waals surface area contributed by atoms with Crippen LogP contribution in [0.1, 0.15) is 4.88 Å². The van der Waals surface area contributed by atoms with Crippen LogP contribution < -0.4 is 16.4 Å². The van der Waals surface area contributed by atoms with Gasteiger partial charge in [0.2, 0.25) is 11.9 Å². The molecule has 2 heterocycles. The number of aromatic nitrogens is 2. The average molecular weight is 295 g/mol. The Morgan fingerprint density at radius 3 is 3.00 bits per heavy atom. The van der Waals surface area contributed by atoms with E-state index in [4.69, 9.17) is 10.5 Å². The molecule has 0 aliphatic heterocycles. The molecule has 8 heteroatoms. The number of nitrogens with two attached hydrogens (primary N) is 1. The van der Waals surface area contributed by atoms with Crippen molar-refractivity contribution in [1.82, 2.24) is 9.97 Å². The normalized spacial score (nSPS) is 10.7. The minimum absolute atomic E-state index is 0.0693. The fraction of sp³-hybridized carbons (Fsp3) is 0.417. The Morgan fingerprint density at radius 2 is 2.30 bits per heavy atom. The van der Waals surface area contributed by atoms with E-state index in [-0.39, 0.29) is 6.61 Å². The second kappa shape index (κ2) is 6.49. The number of primary amides is 1. The maximum atomic E-state index is 10.5. The van der Waals surface area contributed by atoms with Crippen molar-refractivity contribution in [2.24, 2.45) is 5.73 Å². The molecule has 0 radical (unpaired) electrons. The van der Waals surface area contributed by atoms with Crippen LogP contribution in [0.25, 0.3) is 10.2 Å². The van der Waals surface area contributed by atoms with Crippen molar-refractivity contribution in [3.8, 4) is 0 Å². The topological polar surface area (TPSA) is 102 Å². The van der Waals surface area contributed by atoms with E-state index in [1.807, 2.05) is 13.0 Å². The van der Waals surface area contributed by atoms with Gasteiger partial charge in [0.1, 0.15) is 17.3 Å². The van der Waals surface area contributed by atoms with Gasteiger partial charge in [0, 0.05) is 18.5 Å². The number of fused-ring (bicyclic) bond motifs is 1. The molecule has 0 bridgehead atoms. The van der Waals surface area contributed by atoms with Crippen LogP contribution in [0.4, 0.5) is 11.8 Å². The van der Waals surface area contributed by atoms with E-state index in [9.17, 15) is 4.79 Å². The molecule has 0 saturated heterocycles. The molecule has 20 heavy (non-hydrogen) atoms. The van der Waals surface area contributed by atoms with Crippen molar-refractivity contribution in [3.63, 3.8) is 0 Å². The summed E-state index contributed by atoms with van der Waals surface area (Å²) in [7, 11) is 1.78. The van der Waals surface area contributed by atoms with Crippen LogP contribution in [0.3, 0.4) is 0 Å². The van der Waals surface area contributed by atoms with Crippen LogP contribution in [0, 0.1) is 6.92 Å². The molecule has 0 fully saturated rings. The second-order valence-electron chi connectivity index (χ2n) is 4.17. The van der Waals surface area contributed by atoms with Gasteiger partial charge in [0.15, 0.2) is 0 Å².